The van der Waals surface area contributed by atoms with Crippen LogP contribution in [0.25, 0.3) is 0 Å². The maximum absolute atomic E-state index is 11.9. The predicted octanol–water partition coefficient (Wildman–Crippen LogP) is 3.45. The van der Waals surface area contributed by atoms with Crippen LogP contribution in [-0.2, 0) is 0 Å². The van der Waals surface area contributed by atoms with E-state index in [0.29, 0.717) is 11.1 Å². The Morgan fingerprint density at radius 2 is 1.83 bits per heavy atom. The van der Waals surface area contributed by atoms with Gasteiger partial charge in [0.15, 0.2) is 0 Å². The predicted molar refractivity (Wildman–Crippen MR) is 106 cm³/mol. The van der Waals surface area contributed by atoms with E-state index < -0.39 is 27.1 Å². The van der Waals surface area contributed by atoms with Crippen molar-refractivity contribution in [3.05, 3.63) is 98.3 Å². The van der Waals surface area contributed by atoms with Crippen LogP contribution in [0.1, 0.15) is 15.9 Å². The van der Waals surface area contributed by atoms with Gasteiger partial charge in [0.1, 0.15) is 5.75 Å². The molecule has 0 fully saturated rings. The number of rotatable bonds is 7. The highest BCUT2D eigenvalue weighted by atomic mass is 16.6. The first-order valence-electron chi connectivity index (χ1n) is 8.38. The number of nitrogens with one attached hydrogen (secondary N) is 1. The van der Waals surface area contributed by atoms with Crippen LogP contribution < -0.4 is 10.2 Å². The molecule has 30 heavy (non-hydrogen) atoms. The molecule has 0 saturated carbocycles. The summed E-state index contributed by atoms with van der Waals surface area (Å²) in [6, 6.07) is 12.7. The largest absolute Gasteiger partial charge is 0.450 e. The third-order valence-corrected chi connectivity index (χ3v) is 3.76. The molecule has 0 saturated heterocycles. The minimum absolute atomic E-state index is 0.129. The lowest BCUT2D eigenvalue weighted by atomic mass is 10.2. The number of nitro groups is 2. The maximum Gasteiger partial charge on any atom is 0.318 e. The smallest absolute Gasteiger partial charge is 0.318 e. The number of nitrogens with zero attached hydrogens (tertiary/aromatic N) is 4. The van der Waals surface area contributed by atoms with Gasteiger partial charge in [0, 0.05) is 18.5 Å². The number of hydrogen-bond donors (Lipinski definition) is 1. The van der Waals surface area contributed by atoms with Gasteiger partial charge < -0.3 is 4.74 Å². The molecule has 0 unspecified atom stereocenters. The maximum atomic E-state index is 11.9. The molecule has 3 rings (SSSR count). The molecule has 1 N–H and O–H groups in total. The number of carbonyl (C=O) groups excluding carboxylic acids is 1. The minimum atomic E-state index is -0.756. The number of benzene rings is 2. The Labute approximate surface area is 168 Å². The summed E-state index contributed by atoms with van der Waals surface area (Å²) >= 11 is 0. The van der Waals surface area contributed by atoms with Crippen LogP contribution in [0.3, 0.4) is 0 Å². The zero-order chi connectivity index (χ0) is 21.5. The number of pyridine rings is 1. The van der Waals surface area contributed by atoms with E-state index in [1.165, 1.54) is 30.6 Å². The van der Waals surface area contributed by atoms with E-state index >= 15 is 0 Å². The van der Waals surface area contributed by atoms with Crippen LogP contribution in [0.2, 0.25) is 0 Å². The molecule has 11 heteroatoms. The third kappa shape index (κ3) is 4.98. The van der Waals surface area contributed by atoms with Crippen molar-refractivity contribution < 1.29 is 19.4 Å². The first-order valence-corrected chi connectivity index (χ1v) is 8.38. The molecule has 1 aromatic heterocycles. The highest BCUT2D eigenvalue weighted by Crippen LogP contribution is 2.34. The van der Waals surface area contributed by atoms with Gasteiger partial charge in [0.2, 0.25) is 5.75 Å². The Morgan fingerprint density at radius 1 is 1.07 bits per heavy atom. The average Bonchev–Trinajstić information content (AvgIpc) is 2.75. The van der Waals surface area contributed by atoms with Crippen molar-refractivity contribution in [1.29, 1.82) is 0 Å². The van der Waals surface area contributed by atoms with Crippen LogP contribution in [0.15, 0.2) is 72.1 Å². The second-order valence-electron chi connectivity index (χ2n) is 5.78. The van der Waals surface area contributed by atoms with Crippen LogP contribution in [0.5, 0.6) is 11.5 Å². The van der Waals surface area contributed by atoms with Gasteiger partial charge in [-0.25, -0.2) is 5.43 Å². The molecule has 11 nitrogen and oxygen atoms in total. The van der Waals surface area contributed by atoms with Crippen LogP contribution in [0.4, 0.5) is 11.4 Å². The van der Waals surface area contributed by atoms with Crippen LogP contribution in [-0.4, -0.2) is 27.0 Å². The lowest BCUT2D eigenvalue weighted by Gasteiger charge is -2.06. The summed E-state index contributed by atoms with van der Waals surface area (Å²) in [7, 11) is 0. The minimum Gasteiger partial charge on any atom is -0.450 e. The summed E-state index contributed by atoms with van der Waals surface area (Å²) in [5.41, 5.74) is 2.43. The number of hydrogen-bond acceptors (Lipinski definition) is 8. The van der Waals surface area contributed by atoms with E-state index in [4.69, 9.17) is 4.74 Å². The van der Waals surface area contributed by atoms with E-state index in [2.05, 4.69) is 15.5 Å². The quantitative estimate of drug-likeness (QED) is 0.358. The fourth-order valence-corrected chi connectivity index (χ4v) is 2.32. The zero-order valence-electron chi connectivity index (χ0n) is 15.2. The topological polar surface area (TPSA) is 150 Å². The average molecular weight is 407 g/mol. The summed E-state index contributed by atoms with van der Waals surface area (Å²) in [6.45, 7) is 0. The van der Waals surface area contributed by atoms with E-state index in [0.717, 1.165) is 12.1 Å². The summed E-state index contributed by atoms with van der Waals surface area (Å²) < 4.78 is 5.48. The molecule has 0 atom stereocenters. The fraction of sp³-hybridized carbons (Fsp3) is 0. The molecule has 3 aromatic rings. The Hall–Kier alpha value is -4.67. The van der Waals surface area contributed by atoms with Gasteiger partial charge in [0.25, 0.3) is 11.6 Å². The van der Waals surface area contributed by atoms with Crippen LogP contribution in [0, 0.1) is 20.2 Å². The SMILES string of the molecule is O=C(NN=Cc1ccc(Oc2ccc([N+](=O)[O-])cc2[N+](=O)[O-])cc1)c1cccnc1. The van der Waals surface area contributed by atoms with Gasteiger partial charge >= 0.3 is 5.69 Å². The lowest BCUT2D eigenvalue weighted by molar-refractivity contribution is -0.394. The van der Waals surface area contributed by atoms with Gasteiger partial charge in [-0.3, -0.25) is 30.0 Å². The van der Waals surface area contributed by atoms with Gasteiger partial charge in [-0.05, 0) is 48.0 Å². The standard InChI is InChI=1S/C19H13N5O6/c25-19(14-2-1-9-20-12-14)22-21-11-13-3-6-16(7-4-13)30-18-8-5-15(23(26)27)10-17(18)24(28)29/h1-12H,(H,22,25). The molecule has 0 aliphatic rings. The highest BCUT2D eigenvalue weighted by molar-refractivity contribution is 5.94. The summed E-state index contributed by atoms with van der Waals surface area (Å²) in [5, 5.41) is 25.8. The number of aromatic nitrogens is 1. The Balaban J connectivity index is 1.67. The van der Waals surface area contributed by atoms with E-state index in [1.54, 1.807) is 30.5 Å². The third-order valence-electron chi connectivity index (χ3n) is 3.76. The van der Waals surface area contributed by atoms with Crippen molar-refractivity contribution in [2.75, 3.05) is 0 Å². The molecule has 1 heterocycles. The normalized spacial score (nSPS) is 10.5. The number of carbonyl (C=O) groups is 1. The summed E-state index contributed by atoms with van der Waals surface area (Å²) in [5.74, 6) is -0.260. The number of nitro benzene ring substituents is 2. The molecule has 150 valence electrons. The number of amides is 1. The molecule has 0 aliphatic carbocycles. The summed E-state index contributed by atoms with van der Waals surface area (Å²) in [6.07, 6.45) is 4.37. The molecule has 0 bridgehead atoms. The zero-order valence-corrected chi connectivity index (χ0v) is 15.2. The van der Waals surface area contributed by atoms with Crippen molar-refractivity contribution in [2.24, 2.45) is 5.10 Å². The molecular weight excluding hydrogens is 394 g/mol. The Kier molecular flexibility index (Phi) is 6.03. The Morgan fingerprint density at radius 3 is 2.47 bits per heavy atom. The van der Waals surface area contributed by atoms with Crippen molar-refractivity contribution in [1.82, 2.24) is 10.4 Å². The molecular formula is C19H13N5O6. The monoisotopic (exact) mass is 407 g/mol. The molecule has 0 spiro atoms. The van der Waals surface area contributed by atoms with E-state index in [-0.39, 0.29) is 11.5 Å². The number of hydrazone groups is 1. The van der Waals surface area contributed by atoms with Gasteiger partial charge in [0.05, 0.1) is 27.7 Å². The molecule has 0 radical (unpaired) electrons. The number of non-ortho nitro benzene ring substituents is 1. The van der Waals surface area contributed by atoms with Crippen molar-refractivity contribution in [3.8, 4) is 11.5 Å². The lowest BCUT2D eigenvalue weighted by Crippen LogP contribution is -2.17. The second kappa shape index (κ2) is 9.01. The van der Waals surface area contributed by atoms with Crippen molar-refractivity contribution >= 4 is 23.5 Å². The second-order valence-corrected chi connectivity index (χ2v) is 5.78. The van der Waals surface area contributed by atoms with Gasteiger partial charge in [-0.15, -0.1) is 0 Å². The van der Waals surface area contributed by atoms with Gasteiger partial charge in [-0.1, -0.05) is 0 Å². The Bertz CT molecular complexity index is 1120. The number of ether oxygens (including phenoxy) is 1. The highest BCUT2D eigenvalue weighted by Gasteiger charge is 2.21. The first kappa shape index (κ1) is 20.1. The molecule has 2 aromatic carbocycles. The van der Waals surface area contributed by atoms with E-state index in [9.17, 15) is 25.0 Å². The molecule has 0 aliphatic heterocycles. The fourth-order valence-electron chi connectivity index (χ4n) is 2.32. The van der Waals surface area contributed by atoms with Crippen LogP contribution >= 0.6 is 0 Å². The van der Waals surface area contributed by atoms with Crippen molar-refractivity contribution in [3.63, 3.8) is 0 Å². The van der Waals surface area contributed by atoms with Crippen molar-refractivity contribution in [2.45, 2.75) is 0 Å². The van der Waals surface area contributed by atoms with E-state index in [1.807, 2.05) is 0 Å². The first-order chi connectivity index (χ1) is 14.4. The van der Waals surface area contributed by atoms with Gasteiger partial charge in [-0.2, -0.15) is 5.10 Å². The summed E-state index contributed by atoms with van der Waals surface area (Å²) in [4.78, 5) is 36.2. The molecule has 1 amide bonds.